The third-order valence-electron chi connectivity index (χ3n) is 3.57. The van der Waals surface area contributed by atoms with Gasteiger partial charge < -0.3 is 10.2 Å². The van der Waals surface area contributed by atoms with Crippen molar-refractivity contribution >= 4 is 0 Å². The van der Waals surface area contributed by atoms with Crippen molar-refractivity contribution in [1.29, 1.82) is 0 Å². The molecule has 0 amide bonds. The molecule has 15 heavy (non-hydrogen) atoms. The maximum Gasteiger partial charge on any atom is 0.275 e. The van der Waals surface area contributed by atoms with Gasteiger partial charge in [-0.05, 0) is 24.5 Å². The Morgan fingerprint density at radius 3 is 2.53 bits per heavy atom. The second kappa shape index (κ2) is 2.43. The van der Waals surface area contributed by atoms with Crippen molar-refractivity contribution < 1.29 is 13.2 Å². The maximum absolute atomic E-state index is 13.0. The van der Waals surface area contributed by atoms with Crippen LogP contribution < -0.4 is 5.73 Å². The Morgan fingerprint density at radius 1 is 1.47 bits per heavy atom. The SMILES string of the molecule is CC1CC1c1ccc(C2(N)CC2(F)F)o1. The topological polar surface area (TPSA) is 39.2 Å². The normalized spacial score (nSPS) is 41.6. The van der Waals surface area contributed by atoms with E-state index in [0.29, 0.717) is 11.8 Å². The molecule has 1 aromatic rings. The molecule has 0 bridgehead atoms. The second-order valence-electron chi connectivity index (χ2n) is 4.87. The highest BCUT2D eigenvalue weighted by atomic mass is 19.3. The van der Waals surface area contributed by atoms with Gasteiger partial charge in [0.1, 0.15) is 17.1 Å². The summed E-state index contributed by atoms with van der Waals surface area (Å²) in [6.45, 7) is 2.12. The van der Waals surface area contributed by atoms with Crippen LogP contribution in [0.25, 0.3) is 0 Å². The summed E-state index contributed by atoms with van der Waals surface area (Å²) in [5.74, 6) is -0.726. The molecule has 2 aliphatic rings. The first kappa shape index (κ1) is 9.33. The van der Waals surface area contributed by atoms with E-state index in [1.165, 1.54) is 0 Å². The van der Waals surface area contributed by atoms with Crippen LogP contribution in [0.3, 0.4) is 0 Å². The molecule has 2 aliphatic carbocycles. The Bertz CT molecular complexity index is 414. The fourth-order valence-corrected chi connectivity index (χ4v) is 2.08. The van der Waals surface area contributed by atoms with Crippen LogP contribution in [-0.2, 0) is 5.54 Å². The molecule has 4 heteroatoms. The van der Waals surface area contributed by atoms with Crippen LogP contribution in [0.5, 0.6) is 0 Å². The van der Waals surface area contributed by atoms with E-state index in [2.05, 4.69) is 6.92 Å². The molecule has 0 spiro atoms. The molecule has 0 radical (unpaired) electrons. The molecule has 0 aromatic carbocycles. The molecule has 0 saturated heterocycles. The first-order valence-corrected chi connectivity index (χ1v) is 5.21. The number of nitrogens with two attached hydrogens (primary N) is 1. The lowest BCUT2D eigenvalue weighted by molar-refractivity contribution is 0.0830. The summed E-state index contributed by atoms with van der Waals surface area (Å²) in [5.41, 5.74) is 4.03. The number of hydrogen-bond donors (Lipinski definition) is 1. The quantitative estimate of drug-likeness (QED) is 0.820. The standard InChI is InChI=1S/C11H13F2NO/c1-6-4-7(6)8-2-3-9(15-8)10(14)5-11(10,12)13/h2-3,6-7H,4-5,14H2,1H3. The largest absolute Gasteiger partial charge is 0.464 e. The van der Waals surface area contributed by atoms with Gasteiger partial charge in [0.2, 0.25) is 0 Å². The van der Waals surface area contributed by atoms with Gasteiger partial charge in [0, 0.05) is 12.3 Å². The van der Waals surface area contributed by atoms with Gasteiger partial charge in [-0.1, -0.05) is 6.92 Å². The lowest BCUT2D eigenvalue weighted by atomic mass is 10.2. The first-order chi connectivity index (χ1) is 6.94. The van der Waals surface area contributed by atoms with Crippen molar-refractivity contribution in [3.8, 4) is 0 Å². The Balaban J connectivity index is 1.86. The van der Waals surface area contributed by atoms with Crippen molar-refractivity contribution in [3.63, 3.8) is 0 Å². The number of alkyl halides is 2. The zero-order chi connectivity index (χ0) is 10.8. The predicted octanol–water partition coefficient (Wildman–Crippen LogP) is 2.60. The van der Waals surface area contributed by atoms with Crippen LogP contribution in [0, 0.1) is 5.92 Å². The molecule has 82 valence electrons. The first-order valence-electron chi connectivity index (χ1n) is 5.21. The Kier molecular flexibility index (Phi) is 1.51. The van der Waals surface area contributed by atoms with Gasteiger partial charge in [-0.3, -0.25) is 0 Å². The van der Waals surface area contributed by atoms with Gasteiger partial charge in [0.15, 0.2) is 0 Å². The molecule has 1 heterocycles. The molecule has 3 rings (SSSR count). The summed E-state index contributed by atoms with van der Waals surface area (Å²) in [6, 6.07) is 3.38. The molecule has 2 nitrogen and oxygen atoms in total. The maximum atomic E-state index is 13.0. The molecule has 2 saturated carbocycles. The third-order valence-corrected chi connectivity index (χ3v) is 3.57. The number of furan rings is 1. The zero-order valence-electron chi connectivity index (χ0n) is 8.47. The minimum Gasteiger partial charge on any atom is -0.464 e. The van der Waals surface area contributed by atoms with Crippen molar-refractivity contribution in [2.75, 3.05) is 0 Å². The lowest BCUT2D eigenvalue weighted by Gasteiger charge is -2.05. The summed E-state index contributed by atoms with van der Waals surface area (Å²) in [6.07, 6.45) is 0.786. The molecule has 1 aromatic heterocycles. The lowest BCUT2D eigenvalue weighted by Crippen LogP contribution is -2.26. The summed E-state index contributed by atoms with van der Waals surface area (Å²) >= 11 is 0. The van der Waals surface area contributed by atoms with Crippen molar-refractivity contribution in [2.45, 2.75) is 37.1 Å². The van der Waals surface area contributed by atoms with Crippen LogP contribution in [-0.4, -0.2) is 5.92 Å². The molecular weight excluding hydrogens is 200 g/mol. The summed E-state index contributed by atoms with van der Waals surface area (Å²) in [7, 11) is 0. The van der Waals surface area contributed by atoms with E-state index in [1.54, 1.807) is 12.1 Å². The van der Waals surface area contributed by atoms with Crippen LogP contribution in [0.4, 0.5) is 8.78 Å². The van der Waals surface area contributed by atoms with Crippen molar-refractivity contribution in [1.82, 2.24) is 0 Å². The summed E-state index contributed by atoms with van der Waals surface area (Å²) in [4.78, 5) is 0. The molecular formula is C11H13F2NO. The molecule has 2 N–H and O–H groups in total. The highest BCUT2D eigenvalue weighted by Crippen LogP contribution is 2.58. The average molecular weight is 213 g/mol. The van der Waals surface area contributed by atoms with Gasteiger partial charge in [0.05, 0.1) is 0 Å². The van der Waals surface area contributed by atoms with E-state index in [0.717, 1.165) is 12.2 Å². The van der Waals surface area contributed by atoms with Gasteiger partial charge >= 0.3 is 0 Å². The fraction of sp³-hybridized carbons (Fsp3) is 0.636. The molecule has 2 fully saturated rings. The van der Waals surface area contributed by atoms with Gasteiger partial charge in [-0.2, -0.15) is 0 Å². The van der Waals surface area contributed by atoms with Crippen LogP contribution in [0.1, 0.15) is 37.2 Å². The van der Waals surface area contributed by atoms with E-state index < -0.39 is 11.5 Å². The molecule has 3 atom stereocenters. The zero-order valence-corrected chi connectivity index (χ0v) is 8.47. The van der Waals surface area contributed by atoms with E-state index in [9.17, 15) is 8.78 Å². The highest BCUT2D eigenvalue weighted by Gasteiger charge is 2.72. The molecule has 3 unspecified atom stereocenters. The van der Waals surface area contributed by atoms with E-state index in [4.69, 9.17) is 10.2 Å². The van der Waals surface area contributed by atoms with Crippen LogP contribution in [0.15, 0.2) is 16.5 Å². The average Bonchev–Trinajstić information content (AvgIpc) is 2.89. The Labute approximate surface area is 86.4 Å². The monoisotopic (exact) mass is 213 g/mol. The summed E-state index contributed by atoms with van der Waals surface area (Å²) < 4.78 is 31.4. The van der Waals surface area contributed by atoms with E-state index >= 15 is 0 Å². The van der Waals surface area contributed by atoms with E-state index in [1.807, 2.05) is 0 Å². The number of rotatable bonds is 2. The third kappa shape index (κ3) is 1.17. The van der Waals surface area contributed by atoms with Gasteiger partial charge in [-0.25, -0.2) is 8.78 Å². The van der Waals surface area contributed by atoms with Crippen LogP contribution in [0.2, 0.25) is 0 Å². The Morgan fingerprint density at radius 2 is 2.07 bits per heavy atom. The number of halogens is 2. The van der Waals surface area contributed by atoms with Crippen molar-refractivity contribution in [2.24, 2.45) is 11.7 Å². The van der Waals surface area contributed by atoms with Gasteiger partial charge in [0.25, 0.3) is 5.92 Å². The van der Waals surface area contributed by atoms with Crippen LogP contribution >= 0.6 is 0 Å². The second-order valence-corrected chi connectivity index (χ2v) is 4.87. The smallest absolute Gasteiger partial charge is 0.275 e. The van der Waals surface area contributed by atoms with Crippen molar-refractivity contribution in [3.05, 3.63) is 23.7 Å². The highest BCUT2D eigenvalue weighted by molar-refractivity contribution is 5.31. The minimum absolute atomic E-state index is 0.238. The Hall–Kier alpha value is -0.900. The molecule has 0 aliphatic heterocycles. The minimum atomic E-state index is -2.79. The van der Waals surface area contributed by atoms with E-state index in [-0.39, 0.29) is 12.2 Å². The fourth-order valence-electron chi connectivity index (χ4n) is 2.08. The van der Waals surface area contributed by atoms with Gasteiger partial charge in [-0.15, -0.1) is 0 Å². The summed E-state index contributed by atoms with van der Waals surface area (Å²) in [5, 5.41) is 0. The number of hydrogen-bond acceptors (Lipinski definition) is 2. The predicted molar refractivity (Wildman–Crippen MR) is 50.7 cm³/mol.